The van der Waals surface area contributed by atoms with Crippen LogP contribution in [0.25, 0.3) is 6.08 Å². The second kappa shape index (κ2) is 14.4. The minimum absolute atomic E-state index is 0.226. The van der Waals surface area contributed by atoms with Crippen molar-refractivity contribution in [3.8, 4) is 11.5 Å². The Balaban J connectivity index is 1.51. The zero-order chi connectivity index (χ0) is 30.2. The Hall–Kier alpha value is -3.82. The van der Waals surface area contributed by atoms with Crippen molar-refractivity contribution in [3.05, 3.63) is 105 Å². The Morgan fingerprint density at radius 1 is 1.07 bits per heavy atom. The van der Waals surface area contributed by atoms with Crippen molar-refractivity contribution in [2.75, 3.05) is 18.5 Å². The van der Waals surface area contributed by atoms with E-state index in [9.17, 15) is 14.4 Å². The van der Waals surface area contributed by atoms with Crippen molar-refractivity contribution in [1.29, 1.82) is 0 Å². The lowest BCUT2D eigenvalue weighted by Gasteiger charge is -2.17. The first-order chi connectivity index (χ1) is 20.2. The average molecular weight is 650 g/mol. The molecule has 3 aromatic carbocycles. The molecule has 1 aliphatic rings. The number of allylic oxidation sites excluding steroid dienone is 1. The van der Waals surface area contributed by atoms with E-state index in [1.165, 1.54) is 0 Å². The number of carbonyl (C=O) groups is 3. The van der Waals surface area contributed by atoms with Gasteiger partial charge in [-0.15, -0.1) is 6.58 Å². The van der Waals surface area contributed by atoms with Gasteiger partial charge in [-0.1, -0.05) is 60.1 Å². The number of hydrogen-bond donors (Lipinski definition) is 1. The Bertz CT molecular complexity index is 1500. The maximum atomic E-state index is 13.2. The zero-order valence-electron chi connectivity index (χ0n) is 23.8. The summed E-state index contributed by atoms with van der Waals surface area (Å²) in [5.41, 5.74) is 4.26. The number of nitrogens with zero attached hydrogens (tertiary/aromatic N) is 1. The molecule has 0 spiro atoms. The van der Waals surface area contributed by atoms with Crippen molar-refractivity contribution in [3.63, 3.8) is 0 Å². The van der Waals surface area contributed by atoms with Gasteiger partial charge < -0.3 is 14.8 Å². The van der Waals surface area contributed by atoms with Gasteiger partial charge in [0.15, 0.2) is 11.5 Å². The first-order valence-corrected chi connectivity index (χ1v) is 15.2. The Morgan fingerprint density at radius 3 is 2.43 bits per heavy atom. The highest BCUT2D eigenvalue weighted by atomic mass is 79.9. The molecular formula is C33H33BrN2O5S. The van der Waals surface area contributed by atoms with E-state index in [4.69, 9.17) is 9.47 Å². The van der Waals surface area contributed by atoms with Crippen LogP contribution in [0.5, 0.6) is 11.5 Å². The average Bonchev–Trinajstić information content (AvgIpc) is 3.21. The van der Waals surface area contributed by atoms with E-state index < -0.39 is 17.1 Å². The molecule has 4 rings (SSSR count). The van der Waals surface area contributed by atoms with E-state index in [-0.39, 0.29) is 11.4 Å². The van der Waals surface area contributed by atoms with Crippen LogP contribution in [0.4, 0.5) is 10.5 Å². The highest BCUT2D eigenvalue weighted by Gasteiger charge is 2.36. The van der Waals surface area contributed by atoms with Gasteiger partial charge in [-0.05, 0) is 90.2 Å². The number of carbonyl (C=O) groups excluding carboxylic acids is 3. The van der Waals surface area contributed by atoms with Gasteiger partial charge in [0.1, 0.15) is 13.2 Å². The lowest BCUT2D eigenvalue weighted by atomic mass is 10.0. The van der Waals surface area contributed by atoms with Gasteiger partial charge in [0.05, 0.1) is 11.5 Å². The van der Waals surface area contributed by atoms with Crippen LogP contribution in [0, 0.1) is 0 Å². The molecule has 3 amide bonds. The van der Waals surface area contributed by atoms with Gasteiger partial charge in [0.25, 0.3) is 11.1 Å². The van der Waals surface area contributed by atoms with Crippen molar-refractivity contribution in [2.45, 2.75) is 39.7 Å². The smallest absolute Gasteiger partial charge is 0.294 e. The summed E-state index contributed by atoms with van der Waals surface area (Å²) >= 11 is 4.25. The number of thioether (sulfide) groups is 1. The molecule has 9 heteroatoms. The minimum Gasteiger partial charge on any atom is -0.490 e. The summed E-state index contributed by atoms with van der Waals surface area (Å²) in [7, 11) is 0. The van der Waals surface area contributed by atoms with E-state index >= 15 is 0 Å². The highest BCUT2D eigenvalue weighted by Crippen LogP contribution is 2.38. The Labute approximate surface area is 259 Å². The lowest BCUT2D eigenvalue weighted by molar-refractivity contribution is -0.127. The summed E-state index contributed by atoms with van der Waals surface area (Å²) < 4.78 is 13.1. The van der Waals surface area contributed by atoms with Gasteiger partial charge in [-0.25, -0.2) is 0 Å². The number of benzene rings is 3. The maximum absolute atomic E-state index is 13.2. The fraction of sp³-hybridized carbons (Fsp3) is 0.242. The fourth-order valence-electron chi connectivity index (χ4n) is 4.32. The summed E-state index contributed by atoms with van der Waals surface area (Å²) in [6, 6.07) is 19.0. The van der Waals surface area contributed by atoms with Crippen LogP contribution < -0.4 is 14.8 Å². The third-order valence-electron chi connectivity index (χ3n) is 6.45. The van der Waals surface area contributed by atoms with Crippen LogP contribution in [-0.2, 0) is 22.6 Å². The summed E-state index contributed by atoms with van der Waals surface area (Å²) in [5, 5.41) is 2.26. The number of nitrogens with one attached hydrogen (secondary N) is 1. The number of ether oxygens (including phenoxy) is 2. The molecule has 0 radical (unpaired) electrons. The van der Waals surface area contributed by atoms with Crippen LogP contribution in [0.15, 0.2) is 82.7 Å². The van der Waals surface area contributed by atoms with Crippen molar-refractivity contribution in [2.24, 2.45) is 0 Å². The molecule has 0 aromatic heterocycles. The molecule has 0 bridgehead atoms. The first-order valence-electron chi connectivity index (χ1n) is 13.6. The highest BCUT2D eigenvalue weighted by molar-refractivity contribution is 9.10. The maximum Gasteiger partial charge on any atom is 0.294 e. The van der Waals surface area contributed by atoms with Gasteiger partial charge in [-0.2, -0.15) is 0 Å². The fourth-order valence-corrected chi connectivity index (χ4v) is 5.42. The second-order valence-corrected chi connectivity index (χ2v) is 11.8. The molecule has 42 heavy (non-hydrogen) atoms. The number of imide groups is 1. The largest absolute Gasteiger partial charge is 0.490 e. The van der Waals surface area contributed by atoms with Crippen molar-refractivity contribution in [1.82, 2.24) is 4.90 Å². The topological polar surface area (TPSA) is 84.9 Å². The molecule has 0 aliphatic carbocycles. The van der Waals surface area contributed by atoms with E-state index in [0.29, 0.717) is 48.3 Å². The van der Waals surface area contributed by atoms with E-state index in [0.717, 1.165) is 37.8 Å². The molecule has 1 N–H and O–H groups in total. The Morgan fingerprint density at radius 2 is 1.79 bits per heavy atom. The van der Waals surface area contributed by atoms with Crippen LogP contribution in [0.2, 0.25) is 0 Å². The van der Waals surface area contributed by atoms with E-state index in [1.807, 2.05) is 61.5 Å². The minimum atomic E-state index is -0.519. The van der Waals surface area contributed by atoms with Crippen molar-refractivity contribution < 1.29 is 23.9 Å². The predicted molar refractivity (Wildman–Crippen MR) is 172 cm³/mol. The molecule has 1 heterocycles. The molecule has 7 nitrogen and oxygen atoms in total. The molecule has 1 aliphatic heterocycles. The quantitative estimate of drug-likeness (QED) is 0.158. The van der Waals surface area contributed by atoms with Crippen LogP contribution in [-0.4, -0.2) is 35.1 Å². The summed E-state index contributed by atoms with van der Waals surface area (Å²) in [6.45, 7) is 10.3. The molecule has 0 unspecified atom stereocenters. The zero-order valence-corrected chi connectivity index (χ0v) is 26.2. The number of halogens is 1. The summed E-state index contributed by atoms with van der Waals surface area (Å²) in [6.07, 6.45) is 3.92. The van der Waals surface area contributed by atoms with Gasteiger partial charge in [-0.3, -0.25) is 19.3 Å². The van der Waals surface area contributed by atoms with E-state index in [1.54, 1.807) is 18.2 Å². The number of anilines is 1. The predicted octanol–water partition coefficient (Wildman–Crippen LogP) is 7.95. The summed E-state index contributed by atoms with van der Waals surface area (Å²) in [5.74, 6) is 0.532. The number of amides is 3. The molecule has 3 aromatic rings. The van der Waals surface area contributed by atoms with E-state index in [2.05, 4.69) is 41.7 Å². The molecule has 0 atom stereocenters. The molecule has 218 valence electrons. The lowest BCUT2D eigenvalue weighted by Crippen LogP contribution is -2.36. The SMILES string of the molecule is C=CCc1cc(/C=C2\SC(=O)N(CC(=O)Nc3ccc(C(C)C)cc3)C2=O)cc(OCC)c1OCc1ccc(Br)cc1. The first kappa shape index (κ1) is 31.1. The third kappa shape index (κ3) is 7.92. The molecule has 0 saturated carbocycles. The van der Waals surface area contributed by atoms with Crippen molar-refractivity contribution >= 4 is 56.5 Å². The standard InChI is InChI=1S/C33H33BrN2O5S/c1-5-7-25-16-23(17-28(40-6-2)31(25)41-20-22-8-12-26(34)13-9-22)18-29-32(38)36(33(39)42-29)19-30(37)35-27-14-10-24(11-15-27)21(3)4/h5,8-18,21H,1,6-7,19-20H2,2-4H3,(H,35,37)/b29-18-. The number of rotatable bonds is 12. The van der Waals surface area contributed by atoms with Crippen LogP contribution >= 0.6 is 27.7 Å². The third-order valence-corrected chi connectivity index (χ3v) is 7.88. The van der Waals surface area contributed by atoms with Gasteiger partial charge in [0.2, 0.25) is 5.91 Å². The van der Waals surface area contributed by atoms with Crippen LogP contribution in [0.3, 0.4) is 0 Å². The van der Waals surface area contributed by atoms with Gasteiger partial charge >= 0.3 is 0 Å². The Kier molecular flexibility index (Phi) is 10.7. The molecular weight excluding hydrogens is 616 g/mol. The number of hydrogen-bond acceptors (Lipinski definition) is 6. The summed E-state index contributed by atoms with van der Waals surface area (Å²) in [4.78, 5) is 39.7. The van der Waals surface area contributed by atoms with Gasteiger partial charge in [0, 0.05) is 15.7 Å². The molecule has 1 saturated heterocycles. The van der Waals surface area contributed by atoms with Crippen LogP contribution in [0.1, 0.15) is 48.9 Å². The molecule has 1 fully saturated rings. The monoisotopic (exact) mass is 648 g/mol. The normalized spacial score (nSPS) is 14.0. The second-order valence-electron chi connectivity index (χ2n) is 9.94.